The van der Waals surface area contributed by atoms with E-state index >= 15 is 0 Å². The van der Waals surface area contributed by atoms with E-state index in [0.717, 1.165) is 36.4 Å². The predicted molar refractivity (Wildman–Crippen MR) is 103 cm³/mol. The Labute approximate surface area is 158 Å². The Kier molecular flexibility index (Phi) is 4.48. The van der Waals surface area contributed by atoms with Gasteiger partial charge in [-0.3, -0.25) is 9.59 Å². The van der Waals surface area contributed by atoms with Gasteiger partial charge in [0, 0.05) is 31.3 Å². The van der Waals surface area contributed by atoms with Crippen LogP contribution in [-0.4, -0.2) is 43.6 Å². The number of hydrogen-bond donors (Lipinski definition) is 1. The fraction of sp³-hybridized carbons (Fsp3) is 0.333. The van der Waals surface area contributed by atoms with Crippen molar-refractivity contribution in [3.63, 3.8) is 0 Å². The van der Waals surface area contributed by atoms with Crippen molar-refractivity contribution >= 4 is 17.5 Å². The molecule has 1 saturated heterocycles. The van der Waals surface area contributed by atoms with Gasteiger partial charge in [0.1, 0.15) is 11.9 Å². The molecule has 4 rings (SSSR count). The van der Waals surface area contributed by atoms with E-state index in [1.54, 1.807) is 19.2 Å². The van der Waals surface area contributed by atoms with Crippen molar-refractivity contribution in [2.75, 3.05) is 25.6 Å². The molecule has 0 bridgehead atoms. The number of nitrogens with zero attached hydrogens (tertiary/aromatic N) is 2. The third kappa shape index (κ3) is 3.01. The van der Waals surface area contributed by atoms with Crippen LogP contribution < -0.4 is 15.0 Å². The lowest BCUT2D eigenvalue weighted by Gasteiger charge is -2.40. The summed E-state index contributed by atoms with van der Waals surface area (Å²) in [5.41, 5.74) is 2.96. The maximum absolute atomic E-state index is 12.7. The highest BCUT2D eigenvalue weighted by Gasteiger charge is 2.38. The van der Waals surface area contributed by atoms with E-state index in [1.165, 1.54) is 0 Å². The van der Waals surface area contributed by atoms with Gasteiger partial charge >= 0.3 is 0 Å². The van der Waals surface area contributed by atoms with Crippen LogP contribution in [0.25, 0.3) is 0 Å². The van der Waals surface area contributed by atoms with Crippen molar-refractivity contribution in [1.82, 2.24) is 10.2 Å². The number of carbonyl (C=O) groups is 2. The molecule has 0 aliphatic carbocycles. The Bertz CT molecular complexity index is 896. The maximum Gasteiger partial charge on any atom is 0.257 e. The molecule has 6 nitrogen and oxygen atoms in total. The molecule has 0 aromatic heterocycles. The minimum Gasteiger partial charge on any atom is -0.496 e. The van der Waals surface area contributed by atoms with E-state index in [2.05, 4.69) is 10.2 Å². The van der Waals surface area contributed by atoms with E-state index in [0.29, 0.717) is 17.7 Å². The summed E-state index contributed by atoms with van der Waals surface area (Å²) in [6.07, 6.45) is 2.07. The third-order valence-electron chi connectivity index (χ3n) is 5.43. The highest BCUT2D eigenvalue weighted by Crippen LogP contribution is 2.35. The Balaban J connectivity index is 1.54. The van der Waals surface area contributed by atoms with Crippen molar-refractivity contribution < 1.29 is 14.3 Å². The van der Waals surface area contributed by atoms with Gasteiger partial charge in [0.2, 0.25) is 0 Å². The molecule has 0 saturated carbocycles. The number of methoxy groups -OCH3 is 1. The minimum absolute atomic E-state index is 0.0616. The summed E-state index contributed by atoms with van der Waals surface area (Å²) >= 11 is 0. The zero-order chi connectivity index (χ0) is 19.0. The molecule has 0 spiro atoms. The Morgan fingerprint density at radius 1 is 1.26 bits per heavy atom. The quantitative estimate of drug-likeness (QED) is 0.905. The van der Waals surface area contributed by atoms with Crippen LogP contribution in [0, 0.1) is 0 Å². The number of rotatable bonds is 4. The molecule has 2 heterocycles. The Hall–Kier alpha value is -3.02. The van der Waals surface area contributed by atoms with Crippen LogP contribution in [0.3, 0.4) is 0 Å². The standard InChI is InChI=1S/C21H23N3O3/c1-23-17-12-14(9-10-16(17)21(26)24-11-5-8-19(23)24)20(25)22-13-15-6-3-4-7-18(15)27-2/h3-4,6-7,9-10,12,19H,5,8,11,13H2,1-2H3,(H,22,25)/t19-/m0/s1. The van der Waals surface area contributed by atoms with Crippen LogP contribution in [0.5, 0.6) is 5.75 Å². The number of carbonyl (C=O) groups excluding carboxylic acids is 2. The number of para-hydroxylation sites is 1. The van der Waals surface area contributed by atoms with Crippen LogP contribution in [0.15, 0.2) is 42.5 Å². The molecule has 27 heavy (non-hydrogen) atoms. The van der Waals surface area contributed by atoms with E-state index in [4.69, 9.17) is 4.74 Å². The highest BCUT2D eigenvalue weighted by molar-refractivity contribution is 6.04. The van der Waals surface area contributed by atoms with Crippen molar-refractivity contribution in [1.29, 1.82) is 0 Å². The largest absolute Gasteiger partial charge is 0.496 e. The number of amides is 2. The monoisotopic (exact) mass is 365 g/mol. The second-order valence-electron chi connectivity index (χ2n) is 6.96. The SMILES string of the molecule is COc1ccccc1CNC(=O)c1ccc2c(c1)N(C)[C@@H]1CCCN1C2=O. The van der Waals surface area contributed by atoms with Gasteiger partial charge in [-0.25, -0.2) is 0 Å². The summed E-state index contributed by atoms with van der Waals surface area (Å²) in [7, 11) is 3.61. The van der Waals surface area contributed by atoms with Gasteiger partial charge in [0.05, 0.1) is 18.4 Å². The molecule has 2 amide bonds. The van der Waals surface area contributed by atoms with Gasteiger partial charge in [0.15, 0.2) is 0 Å². The molecule has 6 heteroatoms. The molecule has 1 fully saturated rings. The smallest absolute Gasteiger partial charge is 0.257 e. The van der Waals surface area contributed by atoms with Crippen LogP contribution in [0.1, 0.15) is 39.1 Å². The number of nitrogens with one attached hydrogen (secondary N) is 1. The van der Waals surface area contributed by atoms with Gasteiger partial charge < -0.3 is 19.9 Å². The Morgan fingerprint density at radius 3 is 2.89 bits per heavy atom. The number of hydrogen-bond acceptors (Lipinski definition) is 4. The van der Waals surface area contributed by atoms with E-state index in [1.807, 2.05) is 42.3 Å². The summed E-state index contributed by atoms with van der Waals surface area (Å²) in [5, 5.41) is 2.94. The zero-order valence-electron chi connectivity index (χ0n) is 15.6. The van der Waals surface area contributed by atoms with Gasteiger partial charge in [0.25, 0.3) is 11.8 Å². The first-order chi connectivity index (χ1) is 13.1. The normalized spacial score (nSPS) is 18.1. The average molecular weight is 365 g/mol. The van der Waals surface area contributed by atoms with Crippen molar-refractivity contribution in [3.05, 3.63) is 59.2 Å². The second-order valence-corrected chi connectivity index (χ2v) is 6.96. The first kappa shape index (κ1) is 17.4. The van der Waals surface area contributed by atoms with Gasteiger partial charge in [-0.05, 0) is 37.1 Å². The van der Waals surface area contributed by atoms with E-state index < -0.39 is 0 Å². The number of benzene rings is 2. The van der Waals surface area contributed by atoms with E-state index in [-0.39, 0.29) is 18.0 Å². The van der Waals surface area contributed by atoms with Crippen molar-refractivity contribution in [2.24, 2.45) is 0 Å². The molecule has 0 unspecified atom stereocenters. The number of anilines is 1. The lowest BCUT2D eigenvalue weighted by molar-refractivity contribution is 0.0719. The molecule has 2 aromatic carbocycles. The summed E-state index contributed by atoms with van der Waals surface area (Å²) in [5.74, 6) is 0.639. The van der Waals surface area contributed by atoms with Crippen molar-refractivity contribution in [3.8, 4) is 5.75 Å². The maximum atomic E-state index is 12.7. The highest BCUT2D eigenvalue weighted by atomic mass is 16.5. The second kappa shape index (κ2) is 6.95. The molecule has 0 radical (unpaired) electrons. The molecular weight excluding hydrogens is 342 g/mol. The molecule has 2 aliphatic heterocycles. The fourth-order valence-electron chi connectivity index (χ4n) is 3.98. The first-order valence-electron chi connectivity index (χ1n) is 9.18. The summed E-state index contributed by atoms with van der Waals surface area (Å²) in [6.45, 7) is 1.18. The lowest BCUT2D eigenvalue weighted by Crippen LogP contribution is -2.50. The van der Waals surface area contributed by atoms with Gasteiger partial charge in [-0.1, -0.05) is 18.2 Å². The summed E-state index contributed by atoms with van der Waals surface area (Å²) < 4.78 is 5.32. The lowest BCUT2D eigenvalue weighted by atomic mass is 10.0. The zero-order valence-corrected chi connectivity index (χ0v) is 15.6. The van der Waals surface area contributed by atoms with Crippen LogP contribution >= 0.6 is 0 Å². The third-order valence-corrected chi connectivity index (χ3v) is 5.43. The molecular formula is C21H23N3O3. The fourth-order valence-corrected chi connectivity index (χ4v) is 3.98. The molecule has 1 N–H and O–H groups in total. The summed E-state index contributed by atoms with van der Waals surface area (Å²) in [4.78, 5) is 29.4. The molecule has 1 atom stereocenters. The molecule has 140 valence electrons. The predicted octanol–water partition coefficient (Wildman–Crippen LogP) is 2.64. The van der Waals surface area contributed by atoms with Crippen LogP contribution in [0.2, 0.25) is 0 Å². The van der Waals surface area contributed by atoms with Crippen LogP contribution in [-0.2, 0) is 6.54 Å². The van der Waals surface area contributed by atoms with Gasteiger partial charge in [-0.2, -0.15) is 0 Å². The Morgan fingerprint density at radius 2 is 2.07 bits per heavy atom. The molecule has 2 aromatic rings. The van der Waals surface area contributed by atoms with Crippen molar-refractivity contribution in [2.45, 2.75) is 25.6 Å². The molecule has 2 aliphatic rings. The average Bonchev–Trinajstić information content (AvgIpc) is 3.20. The number of ether oxygens (including phenoxy) is 1. The summed E-state index contributed by atoms with van der Waals surface area (Å²) in [6, 6.07) is 12.9. The first-order valence-corrected chi connectivity index (χ1v) is 9.18. The van der Waals surface area contributed by atoms with Gasteiger partial charge in [-0.15, -0.1) is 0 Å². The number of fused-ring (bicyclic) bond motifs is 2. The van der Waals surface area contributed by atoms with E-state index in [9.17, 15) is 9.59 Å². The minimum atomic E-state index is -0.168. The van der Waals surface area contributed by atoms with Crippen LogP contribution in [0.4, 0.5) is 5.69 Å². The topological polar surface area (TPSA) is 61.9 Å².